The van der Waals surface area contributed by atoms with E-state index in [2.05, 4.69) is 26.8 Å². The molecular weight excluding hydrogens is 507 g/mol. The van der Waals surface area contributed by atoms with Gasteiger partial charge in [-0.1, -0.05) is 65.0 Å². The number of carbonyl (C=O) groups is 1. The molecule has 0 saturated carbocycles. The molecule has 0 bridgehead atoms. The number of aliphatic carboxylic acids is 1. The Labute approximate surface area is 237 Å². The number of halogens is 1. The Kier molecular flexibility index (Phi) is 8.60. The van der Waals surface area contributed by atoms with E-state index in [4.69, 9.17) is 14.2 Å². The van der Waals surface area contributed by atoms with Crippen LogP contribution in [0.15, 0.2) is 54.6 Å². The van der Waals surface area contributed by atoms with Crippen LogP contribution in [0.1, 0.15) is 75.8 Å². The standard InChI is InChI=1S/C34H41FO5/c1-21(32(36)37)34(5)17-9-10-23-14-15-24(19-28(23)34)40-20-22-13-16-25(26-11-8-12-29(38-6)30(26)35)27(18-22)31(39-7)33(2,3)4/h8,11-16,18-19,21,31H,9-10,17,20H2,1-7H3,(H,36,37)/t21-,31-,34-/m0/s1. The highest BCUT2D eigenvalue weighted by Gasteiger charge is 2.40. The molecule has 1 aliphatic rings. The number of carboxylic acid groups (broad SMARTS) is 1. The summed E-state index contributed by atoms with van der Waals surface area (Å²) in [6.07, 6.45) is 2.44. The van der Waals surface area contributed by atoms with Crippen molar-refractivity contribution in [3.05, 3.63) is 82.7 Å². The molecule has 0 unspecified atom stereocenters. The van der Waals surface area contributed by atoms with E-state index >= 15 is 4.39 Å². The minimum Gasteiger partial charge on any atom is -0.494 e. The van der Waals surface area contributed by atoms with Crippen molar-refractivity contribution in [2.45, 2.75) is 72.0 Å². The van der Waals surface area contributed by atoms with Crippen LogP contribution in [0.5, 0.6) is 11.5 Å². The fourth-order valence-corrected chi connectivity index (χ4v) is 6.05. The summed E-state index contributed by atoms with van der Waals surface area (Å²) in [5.41, 5.74) is 4.54. The zero-order valence-electron chi connectivity index (χ0n) is 24.6. The number of rotatable bonds is 9. The number of ether oxygens (including phenoxy) is 3. The van der Waals surface area contributed by atoms with E-state index < -0.39 is 23.1 Å². The molecule has 0 aliphatic heterocycles. The van der Waals surface area contributed by atoms with E-state index in [9.17, 15) is 9.90 Å². The molecule has 0 fully saturated rings. The number of hydrogen-bond donors (Lipinski definition) is 1. The third kappa shape index (κ3) is 5.73. The summed E-state index contributed by atoms with van der Waals surface area (Å²) in [7, 11) is 3.13. The first-order valence-electron chi connectivity index (χ1n) is 13.9. The summed E-state index contributed by atoms with van der Waals surface area (Å²) in [5.74, 6) is -0.803. The average molecular weight is 549 g/mol. The Morgan fingerprint density at radius 2 is 1.82 bits per heavy atom. The van der Waals surface area contributed by atoms with Crippen LogP contribution in [0, 0.1) is 17.2 Å². The second kappa shape index (κ2) is 11.6. The van der Waals surface area contributed by atoms with Crippen molar-refractivity contribution in [1.29, 1.82) is 0 Å². The van der Waals surface area contributed by atoms with E-state index in [-0.39, 0.29) is 17.3 Å². The van der Waals surface area contributed by atoms with Gasteiger partial charge in [0, 0.05) is 18.1 Å². The SMILES string of the molecule is COc1cccc(-c2ccc(COc3ccc4c(c3)[C@](C)([C@@H](C)C(=O)O)CCC4)cc2[C@H](OC)C(C)(C)C)c1F. The number of hydrogen-bond acceptors (Lipinski definition) is 4. The number of methoxy groups -OCH3 is 2. The lowest BCUT2D eigenvalue weighted by Crippen LogP contribution is -2.38. The largest absolute Gasteiger partial charge is 0.494 e. The van der Waals surface area contributed by atoms with Gasteiger partial charge in [-0.25, -0.2) is 4.39 Å². The number of aryl methyl sites for hydroxylation is 1. The first-order valence-corrected chi connectivity index (χ1v) is 13.9. The Hall–Kier alpha value is -3.38. The third-order valence-corrected chi connectivity index (χ3v) is 8.46. The van der Waals surface area contributed by atoms with Crippen molar-refractivity contribution >= 4 is 5.97 Å². The smallest absolute Gasteiger partial charge is 0.307 e. The van der Waals surface area contributed by atoms with Crippen LogP contribution in [-0.2, 0) is 28.0 Å². The monoisotopic (exact) mass is 548 g/mol. The molecule has 5 nitrogen and oxygen atoms in total. The molecule has 1 aliphatic carbocycles. The molecule has 0 saturated heterocycles. The van der Waals surface area contributed by atoms with Gasteiger partial charge in [-0.3, -0.25) is 4.79 Å². The molecule has 0 spiro atoms. The summed E-state index contributed by atoms with van der Waals surface area (Å²) in [6, 6.07) is 17.1. The van der Waals surface area contributed by atoms with Crippen molar-refractivity contribution in [2.75, 3.05) is 14.2 Å². The van der Waals surface area contributed by atoms with Crippen molar-refractivity contribution in [2.24, 2.45) is 11.3 Å². The molecule has 214 valence electrons. The van der Waals surface area contributed by atoms with Gasteiger partial charge in [0.1, 0.15) is 12.4 Å². The van der Waals surface area contributed by atoms with Gasteiger partial charge in [-0.05, 0) is 76.8 Å². The van der Waals surface area contributed by atoms with Gasteiger partial charge in [0.05, 0.1) is 19.1 Å². The van der Waals surface area contributed by atoms with E-state index in [1.807, 2.05) is 37.3 Å². The lowest BCUT2D eigenvalue weighted by atomic mass is 9.64. The Balaban J connectivity index is 1.69. The maximum atomic E-state index is 15.4. The van der Waals surface area contributed by atoms with Gasteiger partial charge in [0.25, 0.3) is 0 Å². The van der Waals surface area contributed by atoms with Crippen molar-refractivity contribution in [3.63, 3.8) is 0 Å². The van der Waals surface area contributed by atoms with E-state index in [0.29, 0.717) is 17.9 Å². The van der Waals surface area contributed by atoms with Crippen LogP contribution in [0.4, 0.5) is 4.39 Å². The van der Waals surface area contributed by atoms with Gasteiger partial charge < -0.3 is 19.3 Å². The van der Waals surface area contributed by atoms with Crippen LogP contribution in [0.2, 0.25) is 0 Å². The molecule has 0 amide bonds. The molecular formula is C34H41FO5. The van der Waals surface area contributed by atoms with Crippen molar-refractivity contribution in [3.8, 4) is 22.6 Å². The molecule has 40 heavy (non-hydrogen) atoms. The summed E-state index contributed by atoms with van der Waals surface area (Å²) in [5, 5.41) is 9.77. The lowest BCUT2D eigenvalue weighted by molar-refractivity contribution is -0.143. The highest BCUT2D eigenvalue weighted by Crippen LogP contribution is 2.45. The fourth-order valence-electron chi connectivity index (χ4n) is 6.05. The topological polar surface area (TPSA) is 65.0 Å². The van der Waals surface area contributed by atoms with Gasteiger partial charge in [0.2, 0.25) is 0 Å². The second-order valence-corrected chi connectivity index (χ2v) is 12.2. The predicted octanol–water partition coefficient (Wildman–Crippen LogP) is 8.13. The van der Waals surface area contributed by atoms with Crippen LogP contribution in [0.25, 0.3) is 11.1 Å². The normalized spacial score (nSPS) is 18.5. The van der Waals surface area contributed by atoms with Crippen molar-refractivity contribution < 1.29 is 28.5 Å². The maximum absolute atomic E-state index is 15.4. The van der Waals surface area contributed by atoms with Crippen LogP contribution < -0.4 is 9.47 Å². The maximum Gasteiger partial charge on any atom is 0.307 e. The van der Waals surface area contributed by atoms with Gasteiger partial charge >= 0.3 is 5.97 Å². The summed E-state index contributed by atoms with van der Waals surface area (Å²) in [4.78, 5) is 11.9. The highest BCUT2D eigenvalue weighted by atomic mass is 19.1. The van der Waals surface area contributed by atoms with Crippen LogP contribution >= 0.6 is 0 Å². The van der Waals surface area contributed by atoms with E-state index in [0.717, 1.165) is 41.5 Å². The zero-order chi connectivity index (χ0) is 29.2. The van der Waals surface area contributed by atoms with Gasteiger partial charge in [0.15, 0.2) is 11.6 Å². The molecule has 3 aromatic rings. The Morgan fingerprint density at radius 3 is 2.48 bits per heavy atom. The van der Waals surface area contributed by atoms with Crippen LogP contribution in [0.3, 0.4) is 0 Å². The zero-order valence-corrected chi connectivity index (χ0v) is 24.6. The number of fused-ring (bicyclic) bond motifs is 1. The molecule has 0 radical (unpaired) electrons. The minimum atomic E-state index is -0.784. The fraction of sp³-hybridized carbons (Fsp3) is 0.441. The van der Waals surface area contributed by atoms with Crippen LogP contribution in [-0.4, -0.2) is 25.3 Å². The van der Waals surface area contributed by atoms with Gasteiger partial charge in [-0.15, -0.1) is 0 Å². The van der Waals surface area contributed by atoms with Crippen molar-refractivity contribution in [1.82, 2.24) is 0 Å². The molecule has 3 aromatic carbocycles. The minimum absolute atomic E-state index is 0.192. The van der Waals surface area contributed by atoms with Gasteiger partial charge in [-0.2, -0.15) is 0 Å². The third-order valence-electron chi connectivity index (χ3n) is 8.46. The molecule has 0 heterocycles. The lowest BCUT2D eigenvalue weighted by Gasteiger charge is -2.39. The van der Waals surface area contributed by atoms with E-state index in [1.54, 1.807) is 32.2 Å². The Morgan fingerprint density at radius 1 is 1.07 bits per heavy atom. The quantitative estimate of drug-likeness (QED) is 0.292. The highest BCUT2D eigenvalue weighted by molar-refractivity contribution is 5.72. The number of benzene rings is 3. The summed E-state index contributed by atoms with van der Waals surface area (Å²) >= 11 is 0. The Bertz CT molecular complexity index is 1380. The number of carboxylic acids is 1. The summed E-state index contributed by atoms with van der Waals surface area (Å²) in [6.45, 7) is 10.4. The molecule has 3 atom stereocenters. The molecule has 4 rings (SSSR count). The second-order valence-electron chi connectivity index (χ2n) is 12.2. The molecule has 1 N–H and O–H groups in total. The van der Waals surface area contributed by atoms with E-state index in [1.165, 1.54) is 12.7 Å². The molecule has 0 aromatic heterocycles. The first-order chi connectivity index (χ1) is 18.9. The molecule has 6 heteroatoms. The first kappa shape index (κ1) is 29.6. The predicted molar refractivity (Wildman–Crippen MR) is 155 cm³/mol. The summed E-state index contributed by atoms with van der Waals surface area (Å²) < 4.78 is 32.8. The average Bonchev–Trinajstić information content (AvgIpc) is 2.92.